The molecule has 4 nitrogen and oxygen atoms in total. The van der Waals surface area contributed by atoms with Crippen molar-refractivity contribution in [3.05, 3.63) is 46.8 Å². The highest BCUT2D eigenvalue weighted by molar-refractivity contribution is 7.16. The fraction of sp³-hybridized carbons (Fsp3) is 0.0667. The van der Waals surface area contributed by atoms with Crippen molar-refractivity contribution in [1.82, 2.24) is 0 Å². The minimum Gasteiger partial charge on any atom is -0.497 e. The van der Waals surface area contributed by atoms with Crippen molar-refractivity contribution in [3.63, 3.8) is 0 Å². The number of ether oxygens (including phenoxy) is 1. The van der Waals surface area contributed by atoms with Crippen molar-refractivity contribution in [2.24, 2.45) is 0 Å². The van der Waals surface area contributed by atoms with Gasteiger partial charge in [0.1, 0.15) is 17.4 Å². The normalized spacial score (nSPS) is 10.9. The van der Waals surface area contributed by atoms with E-state index in [9.17, 15) is 4.79 Å². The van der Waals surface area contributed by atoms with Gasteiger partial charge in [-0.3, -0.25) is 0 Å². The van der Waals surface area contributed by atoms with Crippen molar-refractivity contribution >= 4 is 23.4 Å². The van der Waals surface area contributed by atoms with Crippen LogP contribution in [0.1, 0.15) is 4.88 Å². The lowest BCUT2D eigenvalue weighted by Crippen LogP contribution is -1.96. The Bertz CT molecular complexity index is 693. The van der Waals surface area contributed by atoms with Crippen LogP contribution in [-0.4, -0.2) is 18.2 Å². The van der Waals surface area contributed by atoms with E-state index >= 15 is 0 Å². The molecule has 1 aromatic carbocycles. The Hall–Kier alpha value is -2.58. The van der Waals surface area contributed by atoms with Crippen LogP contribution in [0, 0.1) is 11.3 Å². The van der Waals surface area contributed by atoms with Crippen LogP contribution in [0.4, 0.5) is 0 Å². The highest BCUT2D eigenvalue weighted by Gasteiger charge is 2.08. The smallest absolute Gasteiger partial charge is 0.346 e. The first-order chi connectivity index (χ1) is 9.63. The van der Waals surface area contributed by atoms with E-state index in [1.807, 2.05) is 30.3 Å². The summed E-state index contributed by atoms with van der Waals surface area (Å²) in [6.07, 6.45) is 1.38. The Kier molecular flexibility index (Phi) is 4.18. The molecule has 0 spiro atoms. The molecule has 5 heteroatoms. The van der Waals surface area contributed by atoms with Gasteiger partial charge in [0.05, 0.1) is 7.11 Å². The summed E-state index contributed by atoms with van der Waals surface area (Å²) in [6, 6.07) is 12.9. The van der Waals surface area contributed by atoms with Gasteiger partial charge >= 0.3 is 5.97 Å². The third-order valence-corrected chi connectivity index (χ3v) is 3.72. The summed E-state index contributed by atoms with van der Waals surface area (Å²) in [5.74, 6) is -0.435. The molecule has 0 fully saturated rings. The molecule has 1 aromatic heterocycles. The van der Waals surface area contributed by atoms with Gasteiger partial charge in [0, 0.05) is 9.75 Å². The fourth-order valence-electron chi connectivity index (χ4n) is 1.62. The summed E-state index contributed by atoms with van der Waals surface area (Å²) >= 11 is 1.43. The van der Waals surface area contributed by atoms with E-state index in [1.165, 1.54) is 17.4 Å². The zero-order valence-corrected chi connectivity index (χ0v) is 11.5. The molecule has 0 saturated heterocycles. The Balaban J connectivity index is 2.29. The second-order valence-electron chi connectivity index (χ2n) is 3.91. The van der Waals surface area contributed by atoms with Crippen molar-refractivity contribution in [3.8, 4) is 22.3 Å². The van der Waals surface area contributed by atoms with E-state index in [-0.39, 0.29) is 5.57 Å². The number of nitrogens with zero attached hydrogens (tertiary/aromatic N) is 1. The summed E-state index contributed by atoms with van der Waals surface area (Å²) in [6.45, 7) is 0. The number of thiophene rings is 1. The van der Waals surface area contributed by atoms with Gasteiger partial charge in [0.2, 0.25) is 0 Å². The number of hydrogen-bond donors (Lipinski definition) is 1. The molecular weight excluding hydrogens is 274 g/mol. The third-order valence-electron chi connectivity index (χ3n) is 2.64. The maximum absolute atomic E-state index is 10.8. The fourth-order valence-corrected chi connectivity index (χ4v) is 2.58. The van der Waals surface area contributed by atoms with Gasteiger partial charge in [-0.25, -0.2) is 4.79 Å². The summed E-state index contributed by atoms with van der Waals surface area (Å²) in [4.78, 5) is 12.5. The largest absolute Gasteiger partial charge is 0.497 e. The van der Waals surface area contributed by atoms with Crippen LogP contribution < -0.4 is 4.74 Å². The molecule has 0 aliphatic rings. The number of carboxylic acids is 1. The van der Waals surface area contributed by atoms with Crippen molar-refractivity contribution < 1.29 is 14.6 Å². The maximum atomic E-state index is 10.8. The predicted octanol–water partition coefficient (Wildman–Crippen LogP) is 3.42. The highest BCUT2D eigenvalue weighted by atomic mass is 32.1. The minimum absolute atomic E-state index is 0.270. The van der Waals surface area contributed by atoms with Gasteiger partial charge in [0.15, 0.2) is 0 Å². The number of carboxylic acid groups (broad SMARTS) is 1. The third kappa shape index (κ3) is 3.05. The Morgan fingerprint density at radius 2 is 2.00 bits per heavy atom. The quantitative estimate of drug-likeness (QED) is 0.690. The van der Waals surface area contributed by atoms with Crippen LogP contribution in [0.5, 0.6) is 5.75 Å². The van der Waals surface area contributed by atoms with Crippen LogP contribution in [-0.2, 0) is 4.79 Å². The van der Waals surface area contributed by atoms with E-state index in [0.717, 1.165) is 21.1 Å². The van der Waals surface area contributed by atoms with Crippen molar-refractivity contribution in [1.29, 1.82) is 5.26 Å². The lowest BCUT2D eigenvalue weighted by Gasteiger charge is -2.00. The SMILES string of the molecule is COc1ccc(-c2ccc(/C=C(/C#N)C(=O)O)s2)cc1. The second-order valence-corrected chi connectivity index (χ2v) is 5.02. The molecule has 2 rings (SSSR count). The first-order valence-electron chi connectivity index (χ1n) is 5.73. The van der Waals surface area contributed by atoms with Crippen molar-refractivity contribution in [2.75, 3.05) is 7.11 Å². The standard InChI is InChI=1S/C15H11NO3S/c1-19-12-4-2-10(3-5-12)14-7-6-13(20-14)8-11(9-16)15(17)18/h2-8H,1H3,(H,17,18)/b11-8-. The monoisotopic (exact) mass is 285 g/mol. The Morgan fingerprint density at radius 3 is 2.55 bits per heavy atom. The van der Waals surface area contributed by atoms with E-state index < -0.39 is 5.97 Å². The number of benzene rings is 1. The molecular formula is C15H11NO3S. The molecule has 0 bridgehead atoms. The number of rotatable bonds is 4. The molecule has 0 radical (unpaired) electrons. The highest BCUT2D eigenvalue weighted by Crippen LogP contribution is 2.30. The van der Waals surface area contributed by atoms with Gasteiger partial charge in [-0.1, -0.05) is 0 Å². The van der Waals surface area contributed by atoms with Gasteiger partial charge in [-0.05, 0) is 48.0 Å². The average Bonchev–Trinajstić information content (AvgIpc) is 2.93. The van der Waals surface area contributed by atoms with Crippen LogP contribution >= 0.6 is 11.3 Å². The molecule has 20 heavy (non-hydrogen) atoms. The second kappa shape index (κ2) is 6.04. The van der Waals surface area contributed by atoms with Crippen LogP contribution in [0.2, 0.25) is 0 Å². The zero-order chi connectivity index (χ0) is 14.5. The zero-order valence-electron chi connectivity index (χ0n) is 10.7. The average molecular weight is 285 g/mol. The van der Waals surface area contributed by atoms with E-state index in [4.69, 9.17) is 15.1 Å². The van der Waals surface area contributed by atoms with Crippen molar-refractivity contribution in [2.45, 2.75) is 0 Å². The van der Waals surface area contributed by atoms with E-state index in [2.05, 4.69) is 0 Å². The van der Waals surface area contributed by atoms with Gasteiger partial charge < -0.3 is 9.84 Å². The molecule has 0 atom stereocenters. The minimum atomic E-state index is -1.22. The summed E-state index contributed by atoms with van der Waals surface area (Å²) in [7, 11) is 1.61. The molecule has 0 amide bonds. The first-order valence-corrected chi connectivity index (χ1v) is 6.55. The number of carbonyl (C=O) groups is 1. The van der Waals surface area contributed by atoms with E-state index in [1.54, 1.807) is 19.2 Å². The molecule has 1 heterocycles. The molecule has 0 aliphatic carbocycles. The summed E-state index contributed by atoms with van der Waals surface area (Å²) in [5, 5.41) is 17.5. The number of aliphatic carboxylic acids is 1. The maximum Gasteiger partial charge on any atom is 0.346 e. The lowest BCUT2D eigenvalue weighted by molar-refractivity contribution is -0.132. The first kappa shape index (κ1) is 13.8. The molecule has 2 aromatic rings. The number of nitriles is 1. The number of hydrogen-bond acceptors (Lipinski definition) is 4. The molecule has 0 unspecified atom stereocenters. The topological polar surface area (TPSA) is 70.3 Å². The molecule has 0 aliphatic heterocycles. The Labute approximate surface area is 120 Å². The van der Waals surface area contributed by atoms with Gasteiger partial charge in [-0.2, -0.15) is 5.26 Å². The van der Waals surface area contributed by atoms with Gasteiger partial charge in [-0.15, -0.1) is 11.3 Å². The van der Waals surface area contributed by atoms with Crippen LogP contribution in [0.25, 0.3) is 16.5 Å². The lowest BCUT2D eigenvalue weighted by atomic mass is 10.2. The summed E-state index contributed by atoms with van der Waals surface area (Å²) < 4.78 is 5.10. The summed E-state index contributed by atoms with van der Waals surface area (Å²) in [5.41, 5.74) is 0.748. The molecule has 0 saturated carbocycles. The molecule has 100 valence electrons. The van der Waals surface area contributed by atoms with Crippen LogP contribution in [0.3, 0.4) is 0 Å². The van der Waals surface area contributed by atoms with E-state index in [0.29, 0.717) is 0 Å². The van der Waals surface area contributed by atoms with Crippen LogP contribution in [0.15, 0.2) is 42.0 Å². The Morgan fingerprint density at radius 1 is 1.30 bits per heavy atom. The molecule has 1 N–H and O–H groups in total. The van der Waals surface area contributed by atoms with Gasteiger partial charge in [0.25, 0.3) is 0 Å². The predicted molar refractivity (Wildman–Crippen MR) is 77.5 cm³/mol. The number of methoxy groups -OCH3 is 1.